The molecule has 3 nitrogen and oxygen atoms in total. The van der Waals surface area contributed by atoms with Gasteiger partial charge in [0, 0.05) is 24.4 Å². The normalized spacial score (nSPS) is 20.3. The van der Waals surface area contributed by atoms with Crippen molar-refractivity contribution in [1.29, 1.82) is 0 Å². The van der Waals surface area contributed by atoms with Crippen molar-refractivity contribution < 1.29 is 0 Å². The fourth-order valence-electron chi connectivity index (χ4n) is 3.79. The Hall–Kier alpha value is -1.64. The molecule has 0 unspecified atom stereocenters. The highest BCUT2D eigenvalue weighted by Gasteiger charge is 2.22. The first kappa shape index (κ1) is 13.1. The number of fused-ring (bicyclic) bond motifs is 1. The van der Waals surface area contributed by atoms with Gasteiger partial charge in [0.1, 0.15) is 11.6 Å². The molecule has 3 heteroatoms. The minimum atomic E-state index is 0.574. The Kier molecular flexibility index (Phi) is 3.50. The lowest BCUT2D eigenvalue weighted by Crippen LogP contribution is -2.21. The van der Waals surface area contributed by atoms with Crippen molar-refractivity contribution in [3.8, 4) is 0 Å². The van der Waals surface area contributed by atoms with E-state index in [0.717, 1.165) is 24.4 Å². The maximum Gasteiger partial charge on any atom is 0.140 e. The minimum absolute atomic E-state index is 0.574. The maximum atomic E-state index is 5.02. The number of benzene rings is 1. The predicted molar refractivity (Wildman–Crippen MR) is 86.8 cm³/mol. The van der Waals surface area contributed by atoms with Crippen molar-refractivity contribution in [1.82, 2.24) is 9.97 Å². The summed E-state index contributed by atoms with van der Waals surface area (Å²) in [5.74, 6) is 2.85. The van der Waals surface area contributed by atoms with Crippen LogP contribution >= 0.6 is 0 Å². The van der Waals surface area contributed by atoms with E-state index in [-0.39, 0.29) is 0 Å². The molecular weight excluding hydrogens is 258 g/mol. The largest absolute Gasteiger partial charge is 0.356 e. The first-order valence-electron chi connectivity index (χ1n) is 8.43. The van der Waals surface area contributed by atoms with Crippen LogP contribution in [0.15, 0.2) is 24.3 Å². The zero-order valence-corrected chi connectivity index (χ0v) is 12.6. The number of hydrogen-bond donors (Lipinski definition) is 0. The molecule has 1 saturated carbocycles. The summed E-state index contributed by atoms with van der Waals surface area (Å²) in [7, 11) is 0. The van der Waals surface area contributed by atoms with Crippen LogP contribution in [0.1, 0.15) is 56.7 Å². The summed E-state index contributed by atoms with van der Waals surface area (Å²) in [4.78, 5) is 12.4. The van der Waals surface area contributed by atoms with Crippen LogP contribution in [0.25, 0.3) is 10.9 Å². The van der Waals surface area contributed by atoms with E-state index in [2.05, 4.69) is 29.2 Å². The molecule has 1 aliphatic carbocycles. The summed E-state index contributed by atoms with van der Waals surface area (Å²) < 4.78 is 0. The van der Waals surface area contributed by atoms with Gasteiger partial charge in [-0.2, -0.15) is 0 Å². The third-order valence-corrected chi connectivity index (χ3v) is 4.98. The van der Waals surface area contributed by atoms with E-state index in [9.17, 15) is 0 Å². The Balaban J connectivity index is 1.80. The van der Waals surface area contributed by atoms with Gasteiger partial charge < -0.3 is 4.90 Å². The number of nitrogens with zero attached hydrogens (tertiary/aromatic N) is 3. The predicted octanol–water partition coefficient (Wildman–Crippen LogP) is 4.28. The van der Waals surface area contributed by atoms with Gasteiger partial charge in [0.05, 0.1) is 5.52 Å². The van der Waals surface area contributed by atoms with Crippen molar-refractivity contribution in [3.05, 3.63) is 30.1 Å². The lowest BCUT2D eigenvalue weighted by molar-refractivity contribution is 0.429. The molecule has 110 valence electrons. The summed E-state index contributed by atoms with van der Waals surface area (Å²) >= 11 is 0. The minimum Gasteiger partial charge on any atom is -0.356 e. The second kappa shape index (κ2) is 5.63. The highest BCUT2D eigenvalue weighted by Crippen LogP contribution is 2.34. The van der Waals surface area contributed by atoms with E-state index in [4.69, 9.17) is 9.97 Å². The molecule has 1 aromatic carbocycles. The highest BCUT2D eigenvalue weighted by molar-refractivity contribution is 5.89. The van der Waals surface area contributed by atoms with Crippen molar-refractivity contribution in [2.45, 2.75) is 50.9 Å². The molecule has 1 aliphatic heterocycles. The average Bonchev–Trinajstić information content (AvgIpc) is 3.09. The summed E-state index contributed by atoms with van der Waals surface area (Å²) in [6.07, 6.45) is 9.15. The van der Waals surface area contributed by atoms with Crippen LogP contribution in [-0.4, -0.2) is 23.1 Å². The Bertz CT molecular complexity index is 625. The van der Waals surface area contributed by atoms with Crippen LogP contribution in [0.4, 0.5) is 5.82 Å². The van der Waals surface area contributed by atoms with Crippen molar-refractivity contribution >= 4 is 16.7 Å². The Morgan fingerprint density at radius 1 is 0.857 bits per heavy atom. The lowest BCUT2D eigenvalue weighted by Gasteiger charge is -2.24. The Morgan fingerprint density at radius 3 is 2.43 bits per heavy atom. The van der Waals surface area contributed by atoms with Gasteiger partial charge in [0.25, 0.3) is 0 Å². The zero-order valence-electron chi connectivity index (χ0n) is 12.6. The fourth-order valence-corrected chi connectivity index (χ4v) is 3.79. The van der Waals surface area contributed by atoms with Crippen LogP contribution in [0.5, 0.6) is 0 Å². The Morgan fingerprint density at radius 2 is 1.62 bits per heavy atom. The van der Waals surface area contributed by atoms with E-state index >= 15 is 0 Å². The monoisotopic (exact) mass is 281 g/mol. The van der Waals surface area contributed by atoms with Gasteiger partial charge in [0.2, 0.25) is 0 Å². The van der Waals surface area contributed by atoms with Gasteiger partial charge in [-0.1, -0.05) is 31.4 Å². The first-order chi connectivity index (χ1) is 10.4. The number of para-hydroxylation sites is 1. The quantitative estimate of drug-likeness (QED) is 0.822. The van der Waals surface area contributed by atoms with E-state index < -0.39 is 0 Å². The maximum absolute atomic E-state index is 5.02. The summed E-state index contributed by atoms with van der Waals surface area (Å²) in [5, 5.41) is 1.22. The molecule has 2 fully saturated rings. The highest BCUT2D eigenvalue weighted by atomic mass is 15.2. The van der Waals surface area contributed by atoms with E-state index in [0.29, 0.717) is 5.92 Å². The van der Waals surface area contributed by atoms with Gasteiger partial charge >= 0.3 is 0 Å². The lowest BCUT2D eigenvalue weighted by atomic mass is 9.88. The molecule has 0 amide bonds. The standard InChI is InChI=1S/C18H23N3/c1-2-8-14(9-3-1)17-19-16-11-5-4-10-15(16)18(20-17)21-12-6-7-13-21/h4-5,10-11,14H,1-3,6-9,12-13H2. The first-order valence-corrected chi connectivity index (χ1v) is 8.43. The molecule has 0 atom stereocenters. The van der Waals surface area contributed by atoms with Crippen molar-refractivity contribution in [2.24, 2.45) is 0 Å². The average molecular weight is 281 g/mol. The summed E-state index contributed by atoms with van der Waals surface area (Å²) in [5.41, 5.74) is 1.12. The molecule has 21 heavy (non-hydrogen) atoms. The fraction of sp³-hybridized carbons (Fsp3) is 0.556. The Labute approximate surface area is 126 Å². The van der Waals surface area contributed by atoms with Gasteiger partial charge in [-0.15, -0.1) is 0 Å². The second-order valence-electron chi connectivity index (χ2n) is 6.45. The third-order valence-electron chi connectivity index (χ3n) is 4.98. The molecule has 0 N–H and O–H groups in total. The summed E-state index contributed by atoms with van der Waals surface area (Å²) in [6, 6.07) is 8.51. The molecule has 2 aromatic rings. The van der Waals surface area contributed by atoms with E-state index in [1.54, 1.807) is 0 Å². The van der Waals surface area contributed by atoms with Crippen LogP contribution in [-0.2, 0) is 0 Å². The van der Waals surface area contributed by atoms with Crippen LogP contribution < -0.4 is 4.90 Å². The third kappa shape index (κ3) is 2.50. The van der Waals surface area contributed by atoms with E-state index in [1.807, 2.05) is 0 Å². The second-order valence-corrected chi connectivity index (χ2v) is 6.45. The van der Waals surface area contributed by atoms with Gasteiger partial charge in [-0.3, -0.25) is 0 Å². The SMILES string of the molecule is c1ccc2c(N3CCCC3)nc(C3CCCCC3)nc2c1. The van der Waals surface area contributed by atoms with Crippen molar-refractivity contribution in [3.63, 3.8) is 0 Å². The number of aromatic nitrogens is 2. The number of anilines is 1. The van der Waals surface area contributed by atoms with Gasteiger partial charge in [-0.05, 0) is 37.8 Å². The molecule has 0 bridgehead atoms. The molecule has 1 saturated heterocycles. The smallest absolute Gasteiger partial charge is 0.140 e. The molecule has 2 heterocycles. The summed E-state index contributed by atoms with van der Waals surface area (Å²) in [6.45, 7) is 2.29. The van der Waals surface area contributed by atoms with Gasteiger partial charge in [0.15, 0.2) is 0 Å². The molecule has 0 spiro atoms. The van der Waals surface area contributed by atoms with Gasteiger partial charge in [-0.25, -0.2) is 9.97 Å². The molecule has 0 radical (unpaired) electrons. The molecule has 4 rings (SSSR count). The number of rotatable bonds is 2. The molecule has 1 aromatic heterocycles. The van der Waals surface area contributed by atoms with Crippen LogP contribution in [0, 0.1) is 0 Å². The van der Waals surface area contributed by atoms with E-state index in [1.165, 1.54) is 56.1 Å². The molecular formula is C18H23N3. The van der Waals surface area contributed by atoms with Crippen LogP contribution in [0.2, 0.25) is 0 Å². The zero-order chi connectivity index (χ0) is 14.1. The molecule has 2 aliphatic rings. The van der Waals surface area contributed by atoms with Crippen molar-refractivity contribution in [2.75, 3.05) is 18.0 Å². The topological polar surface area (TPSA) is 29.0 Å². The number of hydrogen-bond acceptors (Lipinski definition) is 3. The van der Waals surface area contributed by atoms with Crippen LogP contribution in [0.3, 0.4) is 0 Å².